The van der Waals surface area contributed by atoms with Crippen LogP contribution >= 0.6 is 0 Å². The molecule has 0 radical (unpaired) electrons. The lowest BCUT2D eigenvalue weighted by Gasteiger charge is -2.16. The van der Waals surface area contributed by atoms with Gasteiger partial charge in [-0.15, -0.1) is 0 Å². The Bertz CT molecular complexity index is 407. The molecule has 0 spiro atoms. The quantitative estimate of drug-likeness (QED) is 0.766. The van der Waals surface area contributed by atoms with Crippen molar-refractivity contribution >= 4 is 5.97 Å². The number of aliphatic hydroxyl groups excluding tert-OH is 1. The van der Waals surface area contributed by atoms with Gasteiger partial charge < -0.3 is 10.2 Å². The van der Waals surface area contributed by atoms with Crippen LogP contribution in [-0.4, -0.2) is 22.3 Å². The Morgan fingerprint density at radius 3 is 2.41 bits per heavy atom. The summed E-state index contributed by atoms with van der Waals surface area (Å²) in [6, 6.07) is 8.72. The third-order valence-corrected chi connectivity index (χ3v) is 2.38. The van der Waals surface area contributed by atoms with Crippen molar-refractivity contribution in [3.63, 3.8) is 0 Å². The van der Waals surface area contributed by atoms with Crippen LogP contribution in [0.1, 0.15) is 18.4 Å². The van der Waals surface area contributed by atoms with E-state index in [1.54, 1.807) is 36.4 Å². The number of hydrogen-bond acceptors (Lipinski definition) is 2. The molecule has 90 valence electrons. The molecular weight excluding hydrogens is 216 g/mol. The first-order valence-corrected chi connectivity index (χ1v) is 5.42. The number of carboxylic acids is 1. The van der Waals surface area contributed by atoms with Crippen LogP contribution in [0.15, 0.2) is 54.6 Å². The van der Waals surface area contributed by atoms with Gasteiger partial charge in [0.05, 0.1) is 6.10 Å². The van der Waals surface area contributed by atoms with E-state index in [9.17, 15) is 9.90 Å². The molecule has 1 aromatic carbocycles. The predicted molar refractivity (Wildman–Crippen MR) is 66.8 cm³/mol. The van der Waals surface area contributed by atoms with Crippen LogP contribution in [0.25, 0.3) is 0 Å². The summed E-state index contributed by atoms with van der Waals surface area (Å²) >= 11 is 0. The number of allylic oxidation sites excluding steroid dienone is 3. The van der Waals surface area contributed by atoms with E-state index in [0.717, 1.165) is 0 Å². The van der Waals surface area contributed by atoms with E-state index in [1.165, 1.54) is 6.08 Å². The Hall–Kier alpha value is -1.87. The van der Waals surface area contributed by atoms with Gasteiger partial charge in [0.25, 0.3) is 0 Å². The van der Waals surface area contributed by atoms with E-state index >= 15 is 0 Å². The van der Waals surface area contributed by atoms with E-state index in [4.69, 9.17) is 5.11 Å². The highest BCUT2D eigenvalue weighted by molar-refractivity contribution is 5.77. The molecule has 0 aliphatic rings. The molecule has 0 saturated carbocycles. The van der Waals surface area contributed by atoms with Crippen molar-refractivity contribution in [1.29, 1.82) is 0 Å². The molecule has 0 amide bonds. The van der Waals surface area contributed by atoms with Crippen molar-refractivity contribution in [3.8, 4) is 0 Å². The van der Waals surface area contributed by atoms with Gasteiger partial charge in [0, 0.05) is 0 Å². The predicted octanol–water partition coefficient (Wildman–Crippen LogP) is 2.35. The van der Waals surface area contributed by atoms with Gasteiger partial charge in [0.2, 0.25) is 0 Å². The van der Waals surface area contributed by atoms with Crippen molar-refractivity contribution in [2.24, 2.45) is 0 Å². The smallest absolute Gasteiger partial charge is 0.313 e. The van der Waals surface area contributed by atoms with Gasteiger partial charge in [0.15, 0.2) is 0 Å². The summed E-state index contributed by atoms with van der Waals surface area (Å²) in [5.74, 6) is -1.97. The minimum absolute atomic E-state index is 0.595. The molecule has 0 aliphatic carbocycles. The number of aliphatic hydroxyl groups is 1. The Morgan fingerprint density at radius 2 is 1.88 bits per heavy atom. The Morgan fingerprint density at radius 1 is 1.24 bits per heavy atom. The Labute approximate surface area is 101 Å². The maximum absolute atomic E-state index is 11.2. The number of hydrogen-bond donors (Lipinski definition) is 2. The molecule has 0 bridgehead atoms. The van der Waals surface area contributed by atoms with Gasteiger partial charge in [0.1, 0.15) is 5.92 Å². The Kier molecular flexibility index (Phi) is 5.17. The summed E-state index contributed by atoms with van der Waals surface area (Å²) < 4.78 is 0. The standard InChI is InChI=1S/C14H16O3/c1-2-3-5-10-12(15)13(14(16)17)11-8-6-4-7-9-11/h2-10,12-13,15H,1H3,(H,16,17)/b3-2+,10-5+. The van der Waals surface area contributed by atoms with Crippen molar-refractivity contribution in [2.75, 3.05) is 0 Å². The molecule has 2 N–H and O–H groups in total. The van der Waals surface area contributed by atoms with Gasteiger partial charge in [-0.05, 0) is 12.5 Å². The minimum atomic E-state index is -1.04. The van der Waals surface area contributed by atoms with Gasteiger partial charge in [-0.25, -0.2) is 0 Å². The van der Waals surface area contributed by atoms with Crippen LogP contribution in [-0.2, 0) is 4.79 Å². The molecule has 0 aliphatic heterocycles. The Balaban J connectivity index is 2.91. The SMILES string of the molecule is C/C=C/C=C/C(O)C(C(=O)O)c1ccccc1. The summed E-state index contributed by atoms with van der Waals surface area (Å²) in [4.78, 5) is 11.2. The maximum Gasteiger partial charge on any atom is 0.313 e. The molecule has 3 heteroatoms. The largest absolute Gasteiger partial charge is 0.481 e. The topological polar surface area (TPSA) is 57.5 Å². The zero-order chi connectivity index (χ0) is 12.7. The molecule has 1 rings (SSSR count). The van der Waals surface area contributed by atoms with Crippen LogP contribution < -0.4 is 0 Å². The monoisotopic (exact) mass is 232 g/mol. The maximum atomic E-state index is 11.2. The fourth-order valence-corrected chi connectivity index (χ4v) is 1.55. The fraction of sp³-hybridized carbons (Fsp3) is 0.214. The molecule has 3 nitrogen and oxygen atoms in total. The van der Waals surface area contributed by atoms with E-state index < -0.39 is 18.0 Å². The van der Waals surface area contributed by atoms with Crippen LogP contribution in [0.5, 0.6) is 0 Å². The van der Waals surface area contributed by atoms with Crippen LogP contribution in [0, 0.1) is 0 Å². The lowest BCUT2D eigenvalue weighted by atomic mass is 9.93. The molecular formula is C14H16O3. The lowest BCUT2D eigenvalue weighted by Crippen LogP contribution is -2.24. The average Bonchev–Trinajstić information content (AvgIpc) is 2.30. The van der Waals surface area contributed by atoms with E-state index in [1.807, 2.05) is 19.1 Å². The van der Waals surface area contributed by atoms with Crippen molar-refractivity contribution < 1.29 is 15.0 Å². The normalized spacial score (nSPS) is 15.2. The summed E-state index contributed by atoms with van der Waals surface area (Å²) in [7, 11) is 0. The van der Waals surface area contributed by atoms with E-state index in [0.29, 0.717) is 5.56 Å². The first kappa shape index (κ1) is 13.2. The van der Waals surface area contributed by atoms with Gasteiger partial charge >= 0.3 is 5.97 Å². The number of aliphatic carboxylic acids is 1. The first-order valence-electron chi connectivity index (χ1n) is 5.42. The number of benzene rings is 1. The minimum Gasteiger partial charge on any atom is -0.481 e. The van der Waals surface area contributed by atoms with Gasteiger partial charge in [-0.2, -0.15) is 0 Å². The van der Waals surface area contributed by atoms with E-state index in [-0.39, 0.29) is 0 Å². The van der Waals surface area contributed by atoms with E-state index in [2.05, 4.69) is 0 Å². The molecule has 2 atom stereocenters. The second-order valence-electron chi connectivity index (χ2n) is 3.63. The van der Waals surface area contributed by atoms with Crippen LogP contribution in [0.3, 0.4) is 0 Å². The fourth-order valence-electron chi connectivity index (χ4n) is 1.55. The van der Waals surface area contributed by atoms with Crippen LogP contribution in [0.2, 0.25) is 0 Å². The average molecular weight is 232 g/mol. The molecule has 2 unspecified atom stereocenters. The summed E-state index contributed by atoms with van der Waals surface area (Å²) in [5, 5.41) is 19.0. The molecule has 1 aromatic rings. The van der Waals surface area contributed by atoms with Gasteiger partial charge in [-0.1, -0.05) is 54.6 Å². The van der Waals surface area contributed by atoms with Crippen LogP contribution in [0.4, 0.5) is 0 Å². The number of carbonyl (C=O) groups is 1. The van der Waals surface area contributed by atoms with Crippen molar-refractivity contribution in [2.45, 2.75) is 18.9 Å². The number of carboxylic acid groups (broad SMARTS) is 1. The van der Waals surface area contributed by atoms with Crippen molar-refractivity contribution in [3.05, 3.63) is 60.2 Å². The molecule has 0 heterocycles. The first-order chi connectivity index (χ1) is 8.16. The molecule has 0 saturated heterocycles. The summed E-state index contributed by atoms with van der Waals surface area (Å²) in [6.07, 6.45) is 5.63. The highest BCUT2D eigenvalue weighted by atomic mass is 16.4. The summed E-state index contributed by atoms with van der Waals surface area (Å²) in [5.41, 5.74) is 0.595. The zero-order valence-electron chi connectivity index (χ0n) is 9.65. The zero-order valence-corrected chi connectivity index (χ0v) is 9.65. The second kappa shape index (κ2) is 6.66. The molecule has 17 heavy (non-hydrogen) atoms. The summed E-state index contributed by atoms with van der Waals surface area (Å²) in [6.45, 7) is 1.85. The lowest BCUT2D eigenvalue weighted by molar-refractivity contribution is -0.140. The molecule has 0 fully saturated rings. The number of rotatable bonds is 5. The third kappa shape index (κ3) is 3.89. The second-order valence-corrected chi connectivity index (χ2v) is 3.63. The third-order valence-electron chi connectivity index (χ3n) is 2.38. The van der Waals surface area contributed by atoms with Gasteiger partial charge in [-0.3, -0.25) is 4.79 Å². The van der Waals surface area contributed by atoms with Crippen molar-refractivity contribution in [1.82, 2.24) is 0 Å². The molecule has 0 aromatic heterocycles. The highest BCUT2D eigenvalue weighted by Crippen LogP contribution is 2.20. The highest BCUT2D eigenvalue weighted by Gasteiger charge is 2.26.